The molecule has 1 atom stereocenters. The van der Waals surface area contributed by atoms with Crippen LogP contribution in [0.15, 0.2) is 30.3 Å². The highest BCUT2D eigenvalue weighted by Crippen LogP contribution is 2.48. The van der Waals surface area contributed by atoms with E-state index in [9.17, 15) is 9.59 Å². The molecule has 0 saturated carbocycles. The molecule has 1 unspecified atom stereocenters. The van der Waals surface area contributed by atoms with Crippen LogP contribution in [0.3, 0.4) is 0 Å². The number of rotatable bonds is 1. The Balaban J connectivity index is 2.01. The molecule has 1 spiro atoms. The van der Waals surface area contributed by atoms with E-state index < -0.39 is 0 Å². The lowest BCUT2D eigenvalue weighted by Crippen LogP contribution is -2.52. The van der Waals surface area contributed by atoms with Gasteiger partial charge in [0.05, 0.1) is 5.92 Å². The van der Waals surface area contributed by atoms with Crippen molar-refractivity contribution in [3.05, 3.63) is 35.9 Å². The van der Waals surface area contributed by atoms with Gasteiger partial charge in [0, 0.05) is 19.6 Å². The molecule has 2 aliphatic heterocycles. The van der Waals surface area contributed by atoms with Gasteiger partial charge in [-0.2, -0.15) is 0 Å². The maximum Gasteiger partial charge on any atom is 0.234 e. The van der Waals surface area contributed by atoms with Gasteiger partial charge >= 0.3 is 0 Å². The fourth-order valence-corrected chi connectivity index (χ4v) is 3.35. The highest BCUT2D eigenvalue weighted by atomic mass is 16.5. The molecule has 19 heavy (non-hydrogen) atoms. The van der Waals surface area contributed by atoms with Crippen molar-refractivity contribution in [2.75, 3.05) is 13.2 Å². The van der Waals surface area contributed by atoms with Crippen molar-refractivity contribution in [3.8, 4) is 0 Å². The quantitative estimate of drug-likeness (QED) is 0.780. The lowest BCUT2D eigenvalue weighted by molar-refractivity contribution is -0.143. The molecule has 4 nitrogen and oxygen atoms in total. The van der Waals surface area contributed by atoms with Gasteiger partial charge in [0.15, 0.2) is 0 Å². The fraction of sp³-hybridized carbons (Fsp3) is 0.467. The van der Waals surface area contributed by atoms with Crippen molar-refractivity contribution in [2.24, 2.45) is 5.41 Å². The molecule has 2 amide bonds. The van der Waals surface area contributed by atoms with Gasteiger partial charge in [-0.1, -0.05) is 30.3 Å². The number of amides is 2. The van der Waals surface area contributed by atoms with Crippen molar-refractivity contribution in [2.45, 2.75) is 25.2 Å². The van der Waals surface area contributed by atoms with Crippen LogP contribution in [0.5, 0.6) is 0 Å². The summed E-state index contributed by atoms with van der Waals surface area (Å²) in [6.07, 6.45) is 1.96. The van der Waals surface area contributed by atoms with Crippen LogP contribution >= 0.6 is 0 Å². The molecule has 0 bridgehead atoms. The summed E-state index contributed by atoms with van der Waals surface area (Å²) in [5, 5.41) is 2.48. The third kappa shape index (κ3) is 2.16. The van der Waals surface area contributed by atoms with Gasteiger partial charge in [0.25, 0.3) is 0 Å². The van der Waals surface area contributed by atoms with Gasteiger partial charge in [0.1, 0.15) is 0 Å². The first-order chi connectivity index (χ1) is 9.21. The number of nitrogens with one attached hydrogen (secondary N) is 1. The van der Waals surface area contributed by atoms with Gasteiger partial charge in [-0.25, -0.2) is 0 Å². The van der Waals surface area contributed by atoms with Crippen LogP contribution < -0.4 is 5.32 Å². The molecule has 2 aliphatic rings. The Hall–Kier alpha value is -1.68. The van der Waals surface area contributed by atoms with Crippen molar-refractivity contribution in [1.82, 2.24) is 5.32 Å². The van der Waals surface area contributed by atoms with Gasteiger partial charge in [-0.3, -0.25) is 14.9 Å². The Morgan fingerprint density at radius 3 is 2.47 bits per heavy atom. The van der Waals surface area contributed by atoms with Crippen LogP contribution in [0.2, 0.25) is 0 Å². The normalized spacial score (nSPS) is 26.2. The van der Waals surface area contributed by atoms with Crippen LogP contribution in [-0.4, -0.2) is 25.0 Å². The molecule has 2 fully saturated rings. The Labute approximate surface area is 112 Å². The van der Waals surface area contributed by atoms with Gasteiger partial charge in [-0.05, 0) is 23.8 Å². The van der Waals surface area contributed by atoms with Crippen molar-refractivity contribution in [3.63, 3.8) is 0 Å². The van der Waals surface area contributed by atoms with Crippen molar-refractivity contribution >= 4 is 11.8 Å². The SMILES string of the molecule is O=C1CC2(CCOCC2)C(c2ccccc2)C(=O)N1. The smallest absolute Gasteiger partial charge is 0.234 e. The summed E-state index contributed by atoms with van der Waals surface area (Å²) in [4.78, 5) is 24.1. The number of hydrogen-bond acceptors (Lipinski definition) is 3. The lowest BCUT2D eigenvalue weighted by Gasteiger charge is -2.45. The highest BCUT2D eigenvalue weighted by Gasteiger charge is 2.49. The van der Waals surface area contributed by atoms with E-state index in [1.54, 1.807) is 0 Å². The molecule has 0 aliphatic carbocycles. The summed E-state index contributed by atoms with van der Waals surface area (Å²) in [5.74, 6) is -0.557. The van der Waals surface area contributed by atoms with Gasteiger partial charge < -0.3 is 4.74 Å². The zero-order valence-corrected chi connectivity index (χ0v) is 10.7. The molecule has 3 rings (SSSR count). The third-order valence-corrected chi connectivity index (χ3v) is 4.27. The first-order valence-electron chi connectivity index (χ1n) is 6.68. The molecule has 0 aromatic heterocycles. The van der Waals surface area contributed by atoms with Crippen LogP contribution in [0.25, 0.3) is 0 Å². The number of carbonyl (C=O) groups is 2. The second-order valence-electron chi connectivity index (χ2n) is 5.41. The van der Waals surface area contributed by atoms with E-state index in [2.05, 4.69) is 5.32 Å². The predicted octanol–water partition coefficient (Wildman–Crippen LogP) is 1.61. The summed E-state index contributed by atoms with van der Waals surface area (Å²) >= 11 is 0. The number of carbonyl (C=O) groups excluding carboxylic acids is 2. The monoisotopic (exact) mass is 259 g/mol. The first kappa shape index (κ1) is 12.4. The number of ether oxygens (including phenoxy) is 1. The molecule has 1 aromatic rings. The van der Waals surface area contributed by atoms with Gasteiger partial charge in [-0.15, -0.1) is 0 Å². The van der Waals surface area contributed by atoms with E-state index >= 15 is 0 Å². The largest absolute Gasteiger partial charge is 0.381 e. The molecule has 2 heterocycles. The van der Waals surface area contributed by atoms with Crippen LogP contribution in [0, 0.1) is 5.41 Å². The zero-order chi connectivity index (χ0) is 13.3. The molecule has 2 saturated heterocycles. The average molecular weight is 259 g/mol. The van der Waals surface area contributed by atoms with Crippen LogP contribution in [0.4, 0.5) is 0 Å². The molecule has 0 radical (unpaired) electrons. The van der Waals surface area contributed by atoms with Gasteiger partial charge in [0.2, 0.25) is 11.8 Å². The van der Waals surface area contributed by atoms with E-state index in [0.717, 1.165) is 18.4 Å². The average Bonchev–Trinajstić information content (AvgIpc) is 2.39. The topological polar surface area (TPSA) is 55.4 Å². The number of imide groups is 1. The maximum atomic E-state index is 12.3. The van der Waals surface area contributed by atoms with Crippen molar-refractivity contribution < 1.29 is 14.3 Å². The predicted molar refractivity (Wildman–Crippen MR) is 69.4 cm³/mol. The Kier molecular flexibility index (Phi) is 3.11. The minimum Gasteiger partial charge on any atom is -0.381 e. The minimum absolute atomic E-state index is 0.154. The second-order valence-corrected chi connectivity index (χ2v) is 5.41. The highest BCUT2D eigenvalue weighted by molar-refractivity contribution is 6.02. The van der Waals surface area contributed by atoms with E-state index in [0.29, 0.717) is 19.6 Å². The van der Waals surface area contributed by atoms with Crippen molar-refractivity contribution in [1.29, 1.82) is 0 Å². The number of piperidine rings is 1. The molecule has 1 aromatic carbocycles. The maximum absolute atomic E-state index is 12.3. The summed E-state index contributed by atoms with van der Waals surface area (Å²) in [7, 11) is 0. The summed E-state index contributed by atoms with van der Waals surface area (Å²) in [5.41, 5.74) is 0.730. The van der Waals surface area contributed by atoms with Crippen LogP contribution in [0.1, 0.15) is 30.7 Å². The zero-order valence-electron chi connectivity index (χ0n) is 10.7. The van der Waals surface area contributed by atoms with E-state index in [-0.39, 0.29) is 23.1 Å². The molecular weight excluding hydrogens is 242 g/mol. The standard InChI is InChI=1S/C15H17NO3/c17-12-10-15(6-8-19-9-7-15)13(14(18)16-12)11-4-2-1-3-5-11/h1-5,13H,6-10H2,(H,16,17,18). The minimum atomic E-state index is -0.265. The van der Waals surface area contributed by atoms with E-state index in [1.165, 1.54) is 0 Å². The molecule has 1 N–H and O–H groups in total. The molecule has 4 heteroatoms. The number of benzene rings is 1. The summed E-state index contributed by atoms with van der Waals surface area (Å²) in [6.45, 7) is 1.26. The van der Waals surface area contributed by atoms with E-state index in [1.807, 2.05) is 30.3 Å². The first-order valence-corrected chi connectivity index (χ1v) is 6.68. The Bertz CT molecular complexity index is 491. The second kappa shape index (κ2) is 4.78. The summed E-state index contributed by atoms with van der Waals surface area (Å²) in [6, 6.07) is 9.75. The fourth-order valence-electron chi connectivity index (χ4n) is 3.35. The Morgan fingerprint density at radius 2 is 1.79 bits per heavy atom. The Morgan fingerprint density at radius 1 is 1.11 bits per heavy atom. The van der Waals surface area contributed by atoms with Crippen LogP contribution in [-0.2, 0) is 14.3 Å². The molecule has 100 valence electrons. The van der Waals surface area contributed by atoms with E-state index in [4.69, 9.17) is 4.74 Å². The number of hydrogen-bond donors (Lipinski definition) is 1. The third-order valence-electron chi connectivity index (χ3n) is 4.27. The summed E-state index contributed by atoms with van der Waals surface area (Å²) < 4.78 is 5.41. The molecular formula is C15H17NO3. The lowest BCUT2D eigenvalue weighted by atomic mass is 9.63.